The Morgan fingerprint density at radius 1 is 1.24 bits per heavy atom. The van der Waals surface area contributed by atoms with Gasteiger partial charge in [0.1, 0.15) is 12.4 Å². The maximum absolute atomic E-state index is 12.6. The summed E-state index contributed by atoms with van der Waals surface area (Å²) >= 11 is 6.41. The zero-order valence-corrected chi connectivity index (χ0v) is 22.9. The van der Waals surface area contributed by atoms with E-state index in [-0.39, 0.29) is 23.2 Å². The number of esters is 1. The molecular weight excluding hydrogens is 490 g/mol. The lowest BCUT2D eigenvalue weighted by Crippen LogP contribution is -2.10. The van der Waals surface area contributed by atoms with Gasteiger partial charge in [-0.3, -0.25) is 0 Å². The highest BCUT2D eigenvalue weighted by Crippen LogP contribution is 2.39. The number of halogens is 1. The van der Waals surface area contributed by atoms with Crippen molar-refractivity contribution < 1.29 is 24.2 Å². The van der Waals surface area contributed by atoms with E-state index in [0.717, 1.165) is 59.2 Å². The molecule has 0 unspecified atom stereocenters. The zero-order valence-electron chi connectivity index (χ0n) is 22.1. The highest BCUT2D eigenvalue weighted by molar-refractivity contribution is 6.34. The topological polar surface area (TPSA) is 84.9 Å². The Bertz CT molecular complexity index is 1230. The van der Waals surface area contributed by atoms with Gasteiger partial charge in [0.25, 0.3) is 0 Å². The molecule has 7 heteroatoms. The van der Waals surface area contributed by atoms with Gasteiger partial charge in [0.15, 0.2) is 0 Å². The molecule has 37 heavy (non-hydrogen) atoms. The molecule has 1 heterocycles. The molecule has 0 aliphatic carbocycles. The number of methoxy groups -OCH3 is 1. The fourth-order valence-corrected chi connectivity index (χ4v) is 5.36. The largest absolute Gasteiger partial charge is 0.497 e. The normalized spacial score (nSPS) is 12.8. The maximum Gasteiger partial charge on any atom is 0.341 e. The Balaban J connectivity index is 2.19. The van der Waals surface area contributed by atoms with E-state index in [0.29, 0.717) is 36.1 Å². The first kappa shape index (κ1) is 28.3. The quantitative estimate of drug-likeness (QED) is 0.161. The van der Waals surface area contributed by atoms with E-state index in [1.54, 1.807) is 13.1 Å². The molecule has 2 N–H and O–H groups in total. The van der Waals surface area contributed by atoms with Crippen molar-refractivity contribution in [1.29, 1.82) is 0 Å². The first-order chi connectivity index (χ1) is 17.8. The van der Waals surface area contributed by atoms with Gasteiger partial charge in [-0.05, 0) is 72.6 Å². The number of aromatic carboxylic acids is 1. The molecule has 2 aromatic carbocycles. The number of benzene rings is 2. The van der Waals surface area contributed by atoms with Gasteiger partial charge in [0, 0.05) is 12.6 Å². The van der Waals surface area contributed by atoms with Crippen molar-refractivity contribution in [2.24, 2.45) is 0 Å². The van der Waals surface area contributed by atoms with Crippen LogP contribution in [0.25, 0.3) is 5.57 Å². The molecule has 198 valence electrons. The monoisotopic (exact) mass is 525 g/mol. The number of hydrogen-bond acceptors (Lipinski definition) is 5. The highest BCUT2D eigenvalue weighted by atomic mass is 35.5. The van der Waals surface area contributed by atoms with Crippen molar-refractivity contribution in [2.75, 3.05) is 19.5 Å². The lowest BCUT2D eigenvalue weighted by molar-refractivity contribution is 0.0535. The molecule has 0 saturated heterocycles. The van der Waals surface area contributed by atoms with Crippen LogP contribution in [0.2, 0.25) is 5.02 Å². The third-order valence-electron chi connectivity index (χ3n) is 6.98. The van der Waals surface area contributed by atoms with Crippen LogP contribution < -0.4 is 10.1 Å². The molecule has 0 radical (unpaired) electrons. The fourth-order valence-electron chi connectivity index (χ4n) is 5.07. The first-order valence-electron chi connectivity index (χ1n) is 12.7. The van der Waals surface area contributed by atoms with Crippen LogP contribution in [0.1, 0.15) is 87.6 Å². The van der Waals surface area contributed by atoms with Crippen molar-refractivity contribution in [2.45, 2.75) is 65.4 Å². The van der Waals surface area contributed by atoms with Gasteiger partial charge >= 0.3 is 11.9 Å². The molecule has 0 bridgehead atoms. The van der Waals surface area contributed by atoms with E-state index in [1.165, 1.54) is 13.2 Å². The molecule has 3 rings (SSSR count). The van der Waals surface area contributed by atoms with Gasteiger partial charge < -0.3 is 19.9 Å². The lowest BCUT2D eigenvalue weighted by atomic mass is 9.86. The van der Waals surface area contributed by atoms with Crippen LogP contribution >= 0.6 is 11.6 Å². The molecule has 0 atom stereocenters. The summed E-state index contributed by atoms with van der Waals surface area (Å²) in [5.41, 5.74) is 6.87. The van der Waals surface area contributed by atoms with Gasteiger partial charge in [0.05, 0.1) is 28.9 Å². The van der Waals surface area contributed by atoms with Crippen LogP contribution in [0.4, 0.5) is 5.69 Å². The van der Waals surface area contributed by atoms with Gasteiger partial charge in [0.2, 0.25) is 0 Å². The zero-order chi connectivity index (χ0) is 27.1. The molecule has 6 nitrogen and oxygen atoms in total. The molecule has 1 aliphatic heterocycles. The van der Waals surface area contributed by atoms with E-state index in [9.17, 15) is 14.7 Å². The number of hydrogen-bond donors (Lipinski definition) is 2. The predicted molar refractivity (Wildman–Crippen MR) is 149 cm³/mol. The third kappa shape index (κ3) is 6.02. The Morgan fingerprint density at radius 3 is 2.62 bits per heavy atom. The number of nitrogens with one attached hydrogen (secondary N) is 1. The Kier molecular flexibility index (Phi) is 9.81. The fraction of sp³-hybridized carbons (Fsp3) is 0.400. The van der Waals surface area contributed by atoms with E-state index in [1.807, 2.05) is 13.0 Å². The standard InChI is InChI=1S/C30H36ClNO5/c1-6-8-9-10-12-19(23-15-20(36-5)16-25(31)26(23)29(33)34)13-14-22-21(11-7-2)18(3)24-17-37-30(35)27(24)28(22)32-4/h7,13,15-16,32H,2,6,8-12,14,17H2,1,3-5H3,(H,33,34)/b19-13-. The van der Waals surface area contributed by atoms with Crippen LogP contribution in [0.5, 0.6) is 5.75 Å². The second-order valence-corrected chi connectivity index (χ2v) is 9.62. The molecule has 0 aromatic heterocycles. The predicted octanol–water partition coefficient (Wildman–Crippen LogP) is 7.39. The maximum atomic E-state index is 12.6. The van der Waals surface area contributed by atoms with Crippen molar-refractivity contribution in [3.63, 3.8) is 0 Å². The molecule has 0 spiro atoms. The third-order valence-corrected chi connectivity index (χ3v) is 7.28. The molecule has 2 aromatic rings. The van der Waals surface area contributed by atoms with Crippen molar-refractivity contribution in [3.8, 4) is 5.75 Å². The summed E-state index contributed by atoms with van der Waals surface area (Å²) in [6.07, 6.45) is 9.93. The van der Waals surface area contributed by atoms with E-state index in [4.69, 9.17) is 21.1 Å². The minimum absolute atomic E-state index is 0.0677. The van der Waals surface area contributed by atoms with Crippen LogP contribution in [-0.2, 0) is 24.2 Å². The number of fused-ring (bicyclic) bond motifs is 1. The molecule has 1 aliphatic rings. The average Bonchev–Trinajstić information content (AvgIpc) is 3.26. The summed E-state index contributed by atoms with van der Waals surface area (Å²) in [5.74, 6) is -0.907. The number of unbranched alkanes of at least 4 members (excludes halogenated alkanes) is 3. The number of rotatable bonds is 13. The minimum atomic E-state index is -1.08. The first-order valence-corrected chi connectivity index (χ1v) is 13.1. The molecular formula is C30H36ClNO5. The van der Waals surface area contributed by atoms with Gasteiger partial charge in [-0.2, -0.15) is 0 Å². The van der Waals surface area contributed by atoms with Crippen molar-refractivity contribution in [3.05, 3.63) is 74.8 Å². The second-order valence-electron chi connectivity index (χ2n) is 9.21. The van der Waals surface area contributed by atoms with Gasteiger partial charge in [-0.25, -0.2) is 9.59 Å². The van der Waals surface area contributed by atoms with Crippen LogP contribution in [0.3, 0.4) is 0 Å². The number of carbonyl (C=O) groups excluding carboxylic acids is 1. The summed E-state index contributed by atoms with van der Waals surface area (Å²) < 4.78 is 10.8. The van der Waals surface area contributed by atoms with Gasteiger partial charge in [-0.1, -0.05) is 49.9 Å². The second kappa shape index (κ2) is 12.8. The SMILES string of the molecule is C=CCc1c(C)c2c(c(NC)c1C/C=C(/CCCCCC)c1cc(OC)cc(Cl)c1C(=O)O)C(=O)OC2. The molecule has 0 amide bonds. The summed E-state index contributed by atoms with van der Waals surface area (Å²) in [6.45, 7) is 8.37. The lowest BCUT2D eigenvalue weighted by Gasteiger charge is -2.20. The molecule has 0 saturated carbocycles. The number of carboxylic acid groups (broad SMARTS) is 1. The summed E-state index contributed by atoms with van der Waals surface area (Å²) in [7, 11) is 3.34. The minimum Gasteiger partial charge on any atom is -0.497 e. The Labute approximate surface area is 224 Å². The Hall–Kier alpha value is -3.25. The van der Waals surface area contributed by atoms with Crippen LogP contribution in [-0.4, -0.2) is 31.2 Å². The summed E-state index contributed by atoms with van der Waals surface area (Å²) in [6, 6.07) is 3.27. The average molecular weight is 526 g/mol. The van der Waals surface area contributed by atoms with Crippen molar-refractivity contribution in [1.82, 2.24) is 0 Å². The number of anilines is 1. The summed E-state index contributed by atoms with van der Waals surface area (Å²) in [4.78, 5) is 24.8. The smallest absolute Gasteiger partial charge is 0.341 e. The van der Waals surface area contributed by atoms with Crippen molar-refractivity contribution >= 4 is 34.8 Å². The number of allylic oxidation sites excluding steroid dienone is 3. The number of carboxylic acids is 1. The van der Waals surface area contributed by atoms with E-state index < -0.39 is 5.97 Å². The summed E-state index contributed by atoms with van der Waals surface area (Å²) in [5, 5.41) is 13.4. The molecule has 0 fully saturated rings. The highest BCUT2D eigenvalue weighted by Gasteiger charge is 2.30. The van der Waals surface area contributed by atoms with Crippen LogP contribution in [0, 0.1) is 6.92 Å². The Morgan fingerprint density at radius 2 is 2.00 bits per heavy atom. The number of carbonyl (C=O) groups is 2. The van der Waals surface area contributed by atoms with E-state index in [2.05, 4.69) is 24.9 Å². The number of ether oxygens (including phenoxy) is 2. The number of cyclic esters (lactones) is 1. The van der Waals surface area contributed by atoms with Gasteiger partial charge in [-0.15, -0.1) is 6.58 Å². The van der Waals surface area contributed by atoms with E-state index >= 15 is 0 Å². The van der Waals surface area contributed by atoms with Crippen LogP contribution in [0.15, 0.2) is 30.9 Å².